The lowest BCUT2D eigenvalue weighted by atomic mass is 9.95. The monoisotopic (exact) mass is 259 g/mol. The van der Waals surface area contributed by atoms with Crippen molar-refractivity contribution in [1.82, 2.24) is 4.57 Å². The number of hydrogen-bond acceptors (Lipinski definition) is 2. The first-order valence-corrected chi connectivity index (χ1v) is 6.21. The van der Waals surface area contributed by atoms with Gasteiger partial charge in [-0.1, -0.05) is 32.0 Å². The summed E-state index contributed by atoms with van der Waals surface area (Å²) in [6, 6.07) is 5.54. The second-order valence-electron chi connectivity index (χ2n) is 5.07. The summed E-state index contributed by atoms with van der Waals surface area (Å²) in [5, 5.41) is 9.98. The summed E-state index contributed by atoms with van der Waals surface area (Å²) in [5.74, 6) is -0.834. The number of fused-ring (bicyclic) bond motifs is 1. The van der Waals surface area contributed by atoms with Crippen molar-refractivity contribution in [3.63, 3.8) is 0 Å². The molecule has 1 N–H and O–H groups in total. The van der Waals surface area contributed by atoms with Crippen LogP contribution in [-0.2, 0) is 7.05 Å². The highest BCUT2D eigenvalue weighted by atomic mass is 16.4. The molecule has 19 heavy (non-hydrogen) atoms. The van der Waals surface area contributed by atoms with Crippen LogP contribution in [0.25, 0.3) is 10.9 Å². The van der Waals surface area contributed by atoms with Crippen molar-refractivity contribution >= 4 is 16.9 Å². The van der Waals surface area contributed by atoms with Crippen LogP contribution in [0.2, 0.25) is 0 Å². The predicted octanol–water partition coefficient (Wildman–Crippen LogP) is 2.67. The molecule has 0 saturated heterocycles. The minimum absolute atomic E-state index is 0.112. The topological polar surface area (TPSA) is 59.3 Å². The molecule has 0 unspecified atom stereocenters. The van der Waals surface area contributed by atoms with Crippen LogP contribution in [0.5, 0.6) is 0 Å². The van der Waals surface area contributed by atoms with Gasteiger partial charge in [0.05, 0.1) is 11.1 Å². The number of para-hydroxylation sites is 1. The second-order valence-corrected chi connectivity index (χ2v) is 5.07. The van der Waals surface area contributed by atoms with Crippen molar-refractivity contribution in [2.24, 2.45) is 7.05 Å². The van der Waals surface area contributed by atoms with Crippen LogP contribution in [0, 0.1) is 6.92 Å². The molecule has 0 fully saturated rings. The first-order chi connectivity index (χ1) is 8.86. The summed E-state index contributed by atoms with van der Waals surface area (Å²) in [6.07, 6.45) is 0. The fourth-order valence-electron chi connectivity index (χ4n) is 2.54. The van der Waals surface area contributed by atoms with Crippen LogP contribution >= 0.6 is 0 Å². The summed E-state index contributed by atoms with van der Waals surface area (Å²) in [6.45, 7) is 5.62. The molecule has 0 saturated carbocycles. The quantitative estimate of drug-likeness (QED) is 0.902. The number of benzene rings is 1. The number of aromatic nitrogens is 1. The minimum Gasteiger partial charge on any atom is -0.478 e. The van der Waals surface area contributed by atoms with E-state index >= 15 is 0 Å². The summed E-state index contributed by atoms with van der Waals surface area (Å²) in [4.78, 5) is 23.6. The van der Waals surface area contributed by atoms with Crippen molar-refractivity contribution in [3.05, 3.63) is 45.2 Å². The summed E-state index contributed by atoms with van der Waals surface area (Å²) in [7, 11) is 1.69. The van der Waals surface area contributed by atoms with E-state index in [4.69, 9.17) is 0 Å². The van der Waals surface area contributed by atoms with Crippen molar-refractivity contribution in [1.29, 1.82) is 0 Å². The Hall–Kier alpha value is -2.10. The third-order valence-electron chi connectivity index (χ3n) is 3.51. The average molecular weight is 259 g/mol. The molecule has 4 nitrogen and oxygen atoms in total. The molecule has 0 aliphatic heterocycles. The van der Waals surface area contributed by atoms with Gasteiger partial charge in [0.15, 0.2) is 0 Å². The van der Waals surface area contributed by atoms with Gasteiger partial charge in [-0.3, -0.25) is 4.79 Å². The zero-order chi connectivity index (χ0) is 14.3. The molecule has 0 radical (unpaired) electrons. The van der Waals surface area contributed by atoms with Gasteiger partial charge in [-0.2, -0.15) is 0 Å². The molecular formula is C15H17NO3. The molecule has 100 valence electrons. The molecule has 0 bridgehead atoms. The number of aryl methyl sites for hydroxylation is 1. The highest BCUT2D eigenvalue weighted by Crippen LogP contribution is 2.27. The Labute approximate surface area is 111 Å². The van der Waals surface area contributed by atoms with Gasteiger partial charge in [-0.15, -0.1) is 0 Å². The molecule has 0 amide bonds. The van der Waals surface area contributed by atoms with Gasteiger partial charge in [0.1, 0.15) is 0 Å². The average Bonchev–Trinajstić information content (AvgIpc) is 2.35. The molecule has 1 heterocycles. The van der Waals surface area contributed by atoms with Gasteiger partial charge >= 0.3 is 5.97 Å². The maximum atomic E-state index is 12.2. The molecular weight excluding hydrogens is 242 g/mol. The minimum atomic E-state index is -1.05. The number of carboxylic acids is 1. The fraction of sp³-hybridized carbons (Fsp3) is 0.333. The van der Waals surface area contributed by atoms with Gasteiger partial charge in [0, 0.05) is 18.0 Å². The number of aromatic carboxylic acids is 1. The number of rotatable bonds is 2. The van der Waals surface area contributed by atoms with Crippen LogP contribution in [0.3, 0.4) is 0 Å². The lowest BCUT2D eigenvalue weighted by Gasteiger charge is -2.16. The van der Waals surface area contributed by atoms with Crippen molar-refractivity contribution in [2.75, 3.05) is 0 Å². The van der Waals surface area contributed by atoms with Gasteiger partial charge in [-0.25, -0.2) is 4.79 Å². The molecule has 2 rings (SSSR count). The highest BCUT2D eigenvalue weighted by molar-refractivity contribution is 6.04. The number of carbonyl (C=O) groups is 1. The molecule has 0 aliphatic rings. The van der Waals surface area contributed by atoms with Crippen LogP contribution in [0.4, 0.5) is 0 Å². The van der Waals surface area contributed by atoms with Crippen molar-refractivity contribution < 1.29 is 9.90 Å². The number of pyridine rings is 1. The predicted molar refractivity (Wildman–Crippen MR) is 75.0 cm³/mol. The Morgan fingerprint density at radius 3 is 2.47 bits per heavy atom. The Morgan fingerprint density at radius 1 is 1.32 bits per heavy atom. The van der Waals surface area contributed by atoms with Crippen LogP contribution in [0.15, 0.2) is 23.0 Å². The van der Waals surface area contributed by atoms with Gasteiger partial charge in [0.2, 0.25) is 0 Å². The first kappa shape index (κ1) is 13.3. The third-order valence-corrected chi connectivity index (χ3v) is 3.51. The largest absolute Gasteiger partial charge is 0.478 e. The van der Waals surface area contributed by atoms with Gasteiger partial charge in [0.25, 0.3) is 5.56 Å². The molecule has 4 heteroatoms. The molecule has 2 aromatic rings. The first-order valence-electron chi connectivity index (χ1n) is 6.21. The zero-order valence-electron chi connectivity index (χ0n) is 11.5. The number of carboxylic acid groups (broad SMARTS) is 1. The Kier molecular flexibility index (Phi) is 3.18. The normalized spacial score (nSPS) is 11.2. The van der Waals surface area contributed by atoms with Crippen molar-refractivity contribution in [2.45, 2.75) is 26.7 Å². The molecule has 0 spiro atoms. The maximum Gasteiger partial charge on any atom is 0.336 e. The van der Waals surface area contributed by atoms with Crippen LogP contribution in [-0.4, -0.2) is 15.6 Å². The third kappa shape index (κ3) is 1.93. The fourth-order valence-corrected chi connectivity index (χ4v) is 2.54. The maximum absolute atomic E-state index is 12.2. The second kappa shape index (κ2) is 4.53. The molecule has 1 aromatic heterocycles. The van der Waals surface area contributed by atoms with E-state index in [0.29, 0.717) is 10.9 Å². The van der Waals surface area contributed by atoms with E-state index in [1.54, 1.807) is 24.6 Å². The zero-order valence-corrected chi connectivity index (χ0v) is 11.5. The number of nitrogens with zero attached hydrogens (tertiary/aromatic N) is 1. The highest BCUT2D eigenvalue weighted by Gasteiger charge is 2.19. The van der Waals surface area contributed by atoms with Gasteiger partial charge < -0.3 is 9.67 Å². The Balaban J connectivity index is 3.11. The number of hydrogen-bond donors (Lipinski definition) is 1. The SMILES string of the molecule is Cc1c(C(=O)O)c2cccc(C(C)C)c2n(C)c1=O. The standard InChI is InChI=1S/C15H17NO3/c1-8(2)10-6-5-7-11-12(15(18)19)9(3)14(17)16(4)13(10)11/h5-8H,1-4H3,(H,18,19). The Morgan fingerprint density at radius 2 is 1.95 bits per heavy atom. The molecule has 0 atom stereocenters. The van der Waals surface area contributed by atoms with E-state index in [-0.39, 0.29) is 22.6 Å². The summed E-state index contributed by atoms with van der Waals surface area (Å²) in [5.41, 5.74) is 1.84. The summed E-state index contributed by atoms with van der Waals surface area (Å²) < 4.78 is 1.55. The van der Waals surface area contributed by atoms with Crippen molar-refractivity contribution in [3.8, 4) is 0 Å². The van der Waals surface area contributed by atoms with E-state index in [0.717, 1.165) is 5.56 Å². The smallest absolute Gasteiger partial charge is 0.336 e. The van der Waals surface area contributed by atoms with E-state index in [9.17, 15) is 14.7 Å². The van der Waals surface area contributed by atoms with E-state index in [1.165, 1.54) is 0 Å². The van der Waals surface area contributed by atoms with E-state index in [1.807, 2.05) is 26.0 Å². The molecule has 1 aromatic carbocycles. The van der Waals surface area contributed by atoms with E-state index < -0.39 is 5.97 Å². The Bertz CT molecular complexity index is 726. The van der Waals surface area contributed by atoms with Crippen LogP contribution < -0.4 is 5.56 Å². The molecule has 0 aliphatic carbocycles. The lowest BCUT2D eigenvalue weighted by molar-refractivity contribution is 0.0698. The van der Waals surface area contributed by atoms with E-state index in [2.05, 4.69) is 0 Å². The van der Waals surface area contributed by atoms with Gasteiger partial charge in [-0.05, 0) is 18.4 Å². The van der Waals surface area contributed by atoms with Crippen LogP contribution in [0.1, 0.15) is 41.3 Å². The lowest BCUT2D eigenvalue weighted by Crippen LogP contribution is -2.24. The summed E-state index contributed by atoms with van der Waals surface area (Å²) >= 11 is 0.